The van der Waals surface area contributed by atoms with Crippen molar-refractivity contribution in [2.24, 2.45) is 0 Å². The highest BCUT2D eigenvalue weighted by Gasteiger charge is 2.26. The lowest BCUT2D eigenvalue weighted by Crippen LogP contribution is -2.37. The smallest absolute Gasteiger partial charge is 0.261 e. The van der Waals surface area contributed by atoms with Crippen LogP contribution in [0.25, 0.3) is 10.9 Å². The highest BCUT2D eigenvalue weighted by Crippen LogP contribution is 2.27. The first-order valence-corrected chi connectivity index (χ1v) is 10.5. The van der Waals surface area contributed by atoms with Crippen molar-refractivity contribution in [1.29, 1.82) is 0 Å². The summed E-state index contributed by atoms with van der Waals surface area (Å²) in [4.78, 5) is 23.0. The van der Waals surface area contributed by atoms with E-state index in [9.17, 15) is 4.79 Å². The van der Waals surface area contributed by atoms with E-state index >= 15 is 0 Å². The molecule has 2 aromatic rings. The summed E-state index contributed by atoms with van der Waals surface area (Å²) < 4.78 is 2.80. The van der Waals surface area contributed by atoms with Crippen molar-refractivity contribution in [2.45, 2.75) is 45.7 Å². The summed E-state index contributed by atoms with van der Waals surface area (Å²) in [5.74, 6) is 0.929. The monoisotopic (exact) mass is 420 g/mol. The topological polar surface area (TPSA) is 41.4 Å². The van der Waals surface area contributed by atoms with E-state index in [1.165, 1.54) is 0 Å². The number of hydrogen-bond donors (Lipinski definition) is 0. The molecular weight excluding hydrogens is 392 g/mol. The van der Waals surface area contributed by atoms with Crippen molar-refractivity contribution in [3.8, 4) is 0 Å². The molecule has 26 heavy (non-hydrogen) atoms. The summed E-state index contributed by atoms with van der Waals surface area (Å²) in [5.41, 5.74) is 0.868. The summed E-state index contributed by atoms with van der Waals surface area (Å²) >= 11 is 3.47. The van der Waals surface area contributed by atoms with E-state index in [2.05, 4.69) is 39.7 Å². The first-order valence-electron chi connectivity index (χ1n) is 9.67. The second-order valence-electron chi connectivity index (χ2n) is 7.18. The minimum Gasteiger partial charge on any atom is -0.305 e. The van der Waals surface area contributed by atoms with Gasteiger partial charge < -0.3 is 4.90 Å². The van der Waals surface area contributed by atoms with Gasteiger partial charge in [-0.05, 0) is 51.6 Å². The van der Waals surface area contributed by atoms with E-state index in [1.807, 2.05) is 29.7 Å². The second kappa shape index (κ2) is 8.63. The van der Waals surface area contributed by atoms with E-state index in [1.54, 1.807) is 0 Å². The fourth-order valence-corrected chi connectivity index (χ4v) is 4.26. The quantitative estimate of drug-likeness (QED) is 0.739. The number of nitrogens with zero attached hydrogens (tertiary/aromatic N) is 4. The molecule has 0 amide bonds. The summed E-state index contributed by atoms with van der Waals surface area (Å²) in [5, 5.41) is 0.691. The van der Waals surface area contributed by atoms with Crippen molar-refractivity contribution in [3.63, 3.8) is 0 Å². The molecule has 0 radical (unpaired) electrons. The molecule has 0 N–H and O–H groups in total. The Morgan fingerprint density at radius 1 is 1.19 bits per heavy atom. The average Bonchev–Trinajstić information content (AvgIpc) is 2.85. The zero-order valence-electron chi connectivity index (χ0n) is 16.0. The van der Waals surface area contributed by atoms with Crippen LogP contribution < -0.4 is 5.56 Å². The van der Waals surface area contributed by atoms with Crippen LogP contribution in [0.4, 0.5) is 0 Å². The first-order chi connectivity index (χ1) is 12.5. The van der Waals surface area contributed by atoms with Crippen LogP contribution >= 0.6 is 15.9 Å². The maximum atomic E-state index is 13.1. The summed E-state index contributed by atoms with van der Waals surface area (Å²) in [6.45, 7) is 9.19. The van der Waals surface area contributed by atoms with Crippen LogP contribution in [0.1, 0.15) is 45.0 Å². The summed E-state index contributed by atoms with van der Waals surface area (Å²) in [7, 11) is 2.19. The Balaban J connectivity index is 2.09. The van der Waals surface area contributed by atoms with Crippen molar-refractivity contribution < 1.29 is 0 Å². The van der Waals surface area contributed by atoms with Crippen LogP contribution in [0.2, 0.25) is 0 Å². The fourth-order valence-electron chi connectivity index (χ4n) is 3.90. The van der Waals surface area contributed by atoms with Gasteiger partial charge in [-0.1, -0.05) is 29.3 Å². The van der Waals surface area contributed by atoms with E-state index in [-0.39, 0.29) is 11.6 Å². The predicted molar refractivity (Wildman–Crippen MR) is 111 cm³/mol. The van der Waals surface area contributed by atoms with Crippen molar-refractivity contribution in [3.05, 3.63) is 38.9 Å². The Kier molecular flexibility index (Phi) is 6.48. The average molecular weight is 421 g/mol. The molecule has 1 aliphatic rings. The molecule has 1 aromatic carbocycles. The van der Waals surface area contributed by atoms with E-state index in [0.29, 0.717) is 11.9 Å². The minimum atomic E-state index is 0.0712. The Morgan fingerprint density at radius 2 is 2.00 bits per heavy atom. The van der Waals surface area contributed by atoms with Crippen LogP contribution in [0.5, 0.6) is 0 Å². The Morgan fingerprint density at radius 3 is 2.73 bits per heavy atom. The molecule has 1 aromatic heterocycles. The Hall–Kier alpha value is -1.24. The minimum absolute atomic E-state index is 0.0712. The lowest BCUT2D eigenvalue weighted by atomic mass is 10.1. The number of rotatable bonds is 5. The number of likely N-dealkylation sites (N-methyl/N-ethyl adjacent to an activating group) is 1. The normalized spacial score (nSPS) is 18.2. The second-order valence-corrected chi connectivity index (χ2v) is 8.09. The van der Waals surface area contributed by atoms with Crippen LogP contribution in [-0.4, -0.2) is 52.6 Å². The molecule has 3 rings (SSSR count). The lowest BCUT2D eigenvalue weighted by molar-refractivity contribution is 0.180. The van der Waals surface area contributed by atoms with Gasteiger partial charge in [0.2, 0.25) is 0 Å². The molecule has 0 spiro atoms. The molecule has 1 saturated heterocycles. The highest BCUT2D eigenvalue weighted by molar-refractivity contribution is 9.10. The van der Waals surface area contributed by atoms with Gasteiger partial charge in [0, 0.05) is 30.7 Å². The molecule has 0 unspecified atom stereocenters. The van der Waals surface area contributed by atoms with Gasteiger partial charge in [0.05, 0.1) is 16.9 Å². The van der Waals surface area contributed by atoms with Gasteiger partial charge >= 0.3 is 0 Å². The third kappa shape index (κ3) is 4.02. The van der Waals surface area contributed by atoms with Gasteiger partial charge in [-0.3, -0.25) is 14.3 Å². The molecular formula is C20H29BrN4O. The van der Waals surface area contributed by atoms with Gasteiger partial charge in [-0.25, -0.2) is 4.98 Å². The molecule has 0 saturated carbocycles. The van der Waals surface area contributed by atoms with E-state index in [4.69, 9.17) is 4.98 Å². The lowest BCUT2D eigenvalue weighted by Gasteiger charge is -2.31. The highest BCUT2D eigenvalue weighted by atomic mass is 79.9. The third-order valence-electron chi connectivity index (χ3n) is 5.32. The van der Waals surface area contributed by atoms with Crippen LogP contribution in [0, 0.1) is 0 Å². The van der Waals surface area contributed by atoms with Crippen molar-refractivity contribution >= 4 is 26.8 Å². The van der Waals surface area contributed by atoms with E-state index in [0.717, 1.165) is 61.3 Å². The van der Waals surface area contributed by atoms with Crippen LogP contribution in [0.3, 0.4) is 0 Å². The molecule has 0 aliphatic carbocycles. The predicted octanol–water partition coefficient (Wildman–Crippen LogP) is 3.66. The first kappa shape index (κ1) is 19.5. The number of hydrogen-bond acceptors (Lipinski definition) is 4. The number of fused-ring (bicyclic) bond motifs is 1. The van der Waals surface area contributed by atoms with Gasteiger partial charge in [0.1, 0.15) is 5.82 Å². The molecule has 1 fully saturated rings. The molecule has 1 aliphatic heterocycles. The summed E-state index contributed by atoms with van der Waals surface area (Å²) in [6, 6.07) is 6.00. The number of halogens is 1. The zero-order chi connectivity index (χ0) is 18.7. The summed E-state index contributed by atoms with van der Waals surface area (Å²) in [6.07, 6.45) is 3.26. The molecule has 6 heteroatoms. The van der Waals surface area contributed by atoms with Gasteiger partial charge in [0.25, 0.3) is 5.56 Å². The molecule has 142 valence electrons. The Bertz CT molecular complexity index is 819. The maximum Gasteiger partial charge on any atom is 0.261 e. The standard InChI is InChI=1S/C20H29BrN4O/c1-4-7-18(24-11-6-10-23(3)12-13-24)19-22-17-9-8-15(21)14-16(17)20(26)25(19)5-2/h8-9,14,18H,4-7,10-13H2,1-3H3/t18-/m0/s1. The van der Waals surface area contributed by atoms with Crippen molar-refractivity contribution in [2.75, 3.05) is 33.2 Å². The Labute approximate surface area is 164 Å². The molecule has 5 nitrogen and oxygen atoms in total. The fraction of sp³-hybridized carbons (Fsp3) is 0.600. The van der Waals surface area contributed by atoms with Gasteiger partial charge in [-0.15, -0.1) is 0 Å². The number of aromatic nitrogens is 2. The zero-order valence-corrected chi connectivity index (χ0v) is 17.6. The maximum absolute atomic E-state index is 13.1. The molecule has 0 bridgehead atoms. The molecule has 1 atom stereocenters. The largest absolute Gasteiger partial charge is 0.305 e. The van der Waals surface area contributed by atoms with Crippen LogP contribution in [-0.2, 0) is 6.54 Å². The van der Waals surface area contributed by atoms with Gasteiger partial charge in [0.15, 0.2) is 0 Å². The third-order valence-corrected chi connectivity index (χ3v) is 5.81. The van der Waals surface area contributed by atoms with Crippen molar-refractivity contribution in [1.82, 2.24) is 19.4 Å². The SMILES string of the molecule is CCC[C@@H](c1nc2ccc(Br)cc2c(=O)n1CC)N1CCCN(C)CC1. The number of benzene rings is 1. The van der Waals surface area contributed by atoms with Crippen LogP contribution in [0.15, 0.2) is 27.5 Å². The van der Waals surface area contributed by atoms with E-state index < -0.39 is 0 Å². The van der Waals surface area contributed by atoms with Gasteiger partial charge in [-0.2, -0.15) is 0 Å². The molecule has 2 heterocycles.